The monoisotopic (exact) mass is 313 g/mol. The molecule has 0 saturated heterocycles. The highest BCUT2D eigenvalue weighted by atomic mass is 19.1. The Morgan fingerprint density at radius 1 is 1.22 bits per heavy atom. The molecule has 1 heterocycles. The van der Waals surface area contributed by atoms with Gasteiger partial charge in [-0.2, -0.15) is 0 Å². The minimum atomic E-state index is -0.385. The van der Waals surface area contributed by atoms with Crippen molar-refractivity contribution in [1.29, 1.82) is 0 Å². The van der Waals surface area contributed by atoms with Crippen molar-refractivity contribution in [2.24, 2.45) is 0 Å². The van der Waals surface area contributed by atoms with Gasteiger partial charge >= 0.3 is 0 Å². The molecule has 23 heavy (non-hydrogen) atoms. The van der Waals surface area contributed by atoms with Gasteiger partial charge < -0.3 is 9.64 Å². The van der Waals surface area contributed by atoms with E-state index < -0.39 is 0 Å². The normalized spacial score (nSPS) is 13.6. The molecule has 0 spiro atoms. The van der Waals surface area contributed by atoms with E-state index in [1.165, 1.54) is 24.3 Å². The third-order valence-corrected chi connectivity index (χ3v) is 4.33. The molecule has 1 aliphatic rings. The summed E-state index contributed by atoms with van der Waals surface area (Å²) in [6.07, 6.45) is 1.84. The standard InChI is InChI=1S/C19H20FNO2/c1-23-18-8-6-14(12-17(18)20)7-9-19(22)21-11-10-15-4-2-3-5-16(15)13-21/h2-6,8,12H,7,9-11,13H2,1H3. The maximum absolute atomic E-state index is 13.7. The van der Waals surface area contributed by atoms with Crippen molar-refractivity contribution in [2.75, 3.05) is 13.7 Å². The van der Waals surface area contributed by atoms with Crippen LogP contribution in [0.4, 0.5) is 4.39 Å². The Morgan fingerprint density at radius 2 is 2.00 bits per heavy atom. The van der Waals surface area contributed by atoms with Crippen LogP contribution in [0.1, 0.15) is 23.1 Å². The molecule has 0 unspecified atom stereocenters. The van der Waals surface area contributed by atoms with Gasteiger partial charge in [-0.1, -0.05) is 30.3 Å². The van der Waals surface area contributed by atoms with Gasteiger partial charge in [0, 0.05) is 19.5 Å². The zero-order valence-corrected chi connectivity index (χ0v) is 13.2. The van der Waals surface area contributed by atoms with E-state index in [1.807, 2.05) is 17.0 Å². The smallest absolute Gasteiger partial charge is 0.223 e. The number of hydrogen-bond donors (Lipinski definition) is 0. The number of aryl methyl sites for hydroxylation is 1. The number of amides is 1. The van der Waals surface area contributed by atoms with Crippen molar-refractivity contribution in [3.63, 3.8) is 0 Å². The molecular formula is C19H20FNO2. The van der Waals surface area contributed by atoms with E-state index in [0.717, 1.165) is 18.5 Å². The van der Waals surface area contributed by atoms with Crippen LogP contribution in [-0.4, -0.2) is 24.5 Å². The molecule has 3 nitrogen and oxygen atoms in total. The Hall–Kier alpha value is -2.36. The van der Waals surface area contributed by atoms with E-state index in [1.54, 1.807) is 12.1 Å². The van der Waals surface area contributed by atoms with E-state index >= 15 is 0 Å². The molecule has 3 rings (SSSR count). The largest absolute Gasteiger partial charge is 0.494 e. The van der Waals surface area contributed by atoms with Gasteiger partial charge in [0.1, 0.15) is 0 Å². The maximum Gasteiger partial charge on any atom is 0.223 e. The molecule has 0 fully saturated rings. The summed E-state index contributed by atoms with van der Waals surface area (Å²) in [5.74, 6) is -0.0345. The fourth-order valence-corrected chi connectivity index (χ4v) is 2.98. The first kappa shape index (κ1) is 15.5. The van der Waals surface area contributed by atoms with Gasteiger partial charge in [0.25, 0.3) is 0 Å². The molecule has 2 aromatic carbocycles. The number of carbonyl (C=O) groups excluding carboxylic acids is 1. The van der Waals surface area contributed by atoms with Gasteiger partial charge in [-0.3, -0.25) is 4.79 Å². The minimum absolute atomic E-state index is 0.121. The summed E-state index contributed by atoms with van der Waals surface area (Å²) in [6.45, 7) is 1.43. The van der Waals surface area contributed by atoms with Crippen molar-refractivity contribution in [3.05, 3.63) is 65.0 Å². The van der Waals surface area contributed by atoms with Crippen molar-refractivity contribution in [1.82, 2.24) is 4.90 Å². The summed E-state index contributed by atoms with van der Waals surface area (Å²) < 4.78 is 18.6. The van der Waals surface area contributed by atoms with E-state index in [4.69, 9.17) is 4.74 Å². The van der Waals surface area contributed by atoms with Crippen LogP contribution in [-0.2, 0) is 24.2 Å². The summed E-state index contributed by atoms with van der Waals surface area (Å²) in [6, 6.07) is 13.1. The summed E-state index contributed by atoms with van der Waals surface area (Å²) in [4.78, 5) is 14.3. The summed E-state index contributed by atoms with van der Waals surface area (Å²) in [5.41, 5.74) is 3.37. The molecule has 0 aromatic heterocycles. The number of fused-ring (bicyclic) bond motifs is 1. The van der Waals surface area contributed by atoms with Crippen LogP contribution in [0.3, 0.4) is 0 Å². The molecule has 0 aliphatic carbocycles. The number of methoxy groups -OCH3 is 1. The number of nitrogens with zero attached hydrogens (tertiary/aromatic N) is 1. The van der Waals surface area contributed by atoms with Gasteiger partial charge in [0.2, 0.25) is 5.91 Å². The van der Waals surface area contributed by atoms with Gasteiger partial charge in [-0.15, -0.1) is 0 Å². The molecule has 0 saturated carbocycles. The first-order chi connectivity index (χ1) is 11.2. The predicted octanol–water partition coefficient (Wildman–Crippen LogP) is 3.35. The lowest BCUT2D eigenvalue weighted by Crippen LogP contribution is -2.36. The number of carbonyl (C=O) groups is 1. The van der Waals surface area contributed by atoms with Crippen molar-refractivity contribution < 1.29 is 13.9 Å². The zero-order valence-electron chi connectivity index (χ0n) is 13.2. The third kappa shape index (κ3) is 3.52. The highest BCUT2D eigenvalue weighted by molar-refractivity contribution is 5.76. The molecule has 120 valence electrons. The van der Waals surface area contributed by atoms with E-state index in [2.05, 4.69) is 12.1 Å². The Labute approximate surface area is 135 Å². The lowest BCUT2D eigenvalue weighted by atomic mass is 9.99. The lowest BCUT2D eigenvalue weighted by Gasteiger charge is -2.29. The Bertz CT molecular complexity index is 714. The van der Waals surface area contributed by atoms with E-state index in [9.17, 15) is 9.18 Å². The molecule has 1 aliphatic heterocycles. The van der Waals surface area contributed by atoms with E-state index in [-0.39, 0.29) is 17.5 Å². The zero-order chi connectivity index (χ0) is 16.2. The summed E-state index contributed by atoms with van der Waals surface area (Å²) in [7, 11) is 1.44. The fraction of sp³-hybridized carbons (Fsp3) is 0.316. The van der Waals surface area contributed by atoms with Crippen molar-refractivity contribution in [2.45, 2.75) is 25.8 Å². The topological polar surface area (TPSA) is 29.5 Å². The first-order valence-electron chi connectivity index (χ1n) is 7.84. The molecule has 0 atom stereocenters. The Morgan fingerprint density at radius 3 is 2.74 bits per heavy atom. The Balaban J connectivity index is 1.59. The summed E-state index contributed by atoms with van der Waals surface area (Å²) in [5, 5.41) is 0. The molecule has 0 radical (unpaired) electrons. The van der Waals surface area contributed by atoms with Crippen molar-refractivity contribution in [3.8, 4) is 5.75 Å². The number of ether oxygens (including phenoxy) is 1. The maximum atomic E-state index is 13.7. The van der Waals surface area contributed by atoms with Crippen LogP contribution in [0.15, 0.2) is 42.5 Å². The first-order valence-corrected chi connectivity index (χ1v) is 7.84. The highest BCUT2D eigenvalue weighted by Crippen LogP contribution is 2.21. The Kier molecular flexibility index (Phi) is 4.60. The molecule has 1 amide bonds. The number of hydrogen-bond acceptors (Lipinski definition) is 2. The van der Waals surface area contributed by atoms with Gasteiger partial charge in [0.15, 0.2) is 11.6 Å². The van der Waals surface area contributed by atoms with Gasteiger partial charge in [-0.25, -0.2) is 4.39 Å². The predicted molar refractivity (Wildman–Crippen MR) is 86.8 cm³/mol. The third-order valence-electron chi connectivity index (χ3n) is 4.33. The average Bonchev–Trinajstić information content (AvgIpc) is 2.59. The van der Waals surface area contributed by atoms with Crippen LogP contribution < -0.4 is 4.74 Å². The van der Waals surface area contributed by atoms with E-state index in [0.29, 0.717) is 19.4 Å². The minimum Gasteiger partial charge on any atom is -0.494 e. The van der Waals surface area contributed by atoms with Crippen molar-refractivity contribution >= 4 is 5.91 Å². The highest BCUT2D eigenvalue weighted by Gasteiger charge is 2.20. The van der Waals surface area contributed by atoms with Crippen LogP contribution in [0.25, 0.3) is 0 Å². The molecule has 0 bridgehead atoms. The van der Waals surface area contributed by atoms with Crippen LogP contribution in [0.5, 0.6) is 5.75 Å². The second-order valence-electron chi connectivity index (χ2n) is 5.80. The number of benzene rings is 2. The lowest BCUT2D eigenvalue weighted by molar-refractivity contribution is -0.132. The van der Waals surface area contributed by atoms with Crippen LogP contribution in [0, 0.1) is 5.82 Å². The quantitative estimate of drug-likeness (QED) is 0.866. The second-order valence-corrected chi connectivity index (χ2v) is 5.80. The van der Waals surface area contributed by atoms with Crippen LogP contribution >= 0.6 is 0 Å². The van der Waals surface area contributed by atoms with Gasteiger partial charge in [-0.05, 0) is 41.7 Å². The number of halogens is 1. The average molecular weight is 313 g/mol. The van der Waals surface area contributed by atoms with Crippen LogP contribution in [0.2, 0.25) is 0 Å². The second kappa shape index (κ2) is 6.82. The molecular weight excluding hydrogens is 293 g/mol. The molecule has 0 N–H and O–H groups in total. The fourth-order valence-electron chi connectivity index (χ4n) is 2.98. The molecule has 4 heteroatoms. The molecule has 2 aromatic rings. The SMILES string of the molecule is COc1ccc(CCC(=O)N2CCc3ccccc3C2)cc1F. The number of rotatable bonds is 4. The van der Waals surface area contributed by atoms with Gasteiger partial charge in [0.05, 0.1) is 7.11 Å². The summed E-state index contributed by atoms with van der Waals surface area (Å²) >= 11 is 0.